The zero-order valence-corrected chi connectivity index (χ0v) is 12.0. The third-order valence-corrected chi connectivity index (χ3v) is 3.11. The fourth-order valence-corrected chi connectivity index (χ4v) is 2.09. The van der Waals surface area contributed by atoms with Crippen LogP contribution in [-0.4, -0.2) is 31.5 Å². The van der Waals surface area contributed by atoms with Crippen molar-refractivity contribution in [1.82, 2.24) is 24.9 Å². The number of pyridine rings is 1. The molecule has 3 N–H and O–H groups in total. The molecule has 0 aliphatic heterocycles. The van der Waals surface area contributed by atoms with Crippen molar-refractivity contribution in [2.75, 3.05) is 17.2 Å². The molecule has 0 spiro atoms. The van der Waals surface area contributed by atoms with Crippen molar-refractivity contribution >= 4 is 22.9 Å². The van der Waals surface area contributed by atoms with Gasteiger partial charge in [-0.05, 0) is 26.0 Å². The van der Waals surface area contributed by atoms with E-state index in [9.17, 15) is 0 Å². The smallest absolute Gasteiger partial charge is 0.226 e. The molecule has 1 atom stereocenters. The van der Waals surface area contributed by atoms with Crippen molar-refractivity contribution < 1.29 is 0 Å². The van der Waals surface area contributed by atoms with Crippen LogP contribution in [0.25, 0.3) is 11.2 Å². The number of imidazole rings is 1. The van der Waals surface area contributed by atoms with Crippen LogP contribution in [0.2, 0.25) is 0 Å². The van der Waals surface area contributed by atoms with E-state index in [1.54, 1.807) is 12.5 Å². The summed E-state index contributed by atoms with van der Waals surface area (Å²) in [5.74, 6) is 1.28. The molecule has 7 heteroatoms. The summed E-state index contributed by atoms with van der Waals surface area (Å²) in [4.78, 5) is 20.5. The molecule has 3 heterocycles. The van der Waals surface area contributed by atoms with Crippen molar-refractivity contribution in [2.24, 2.45) is 0 Å². The van der Waals surface area contributed by atoms with Gasteiger partial charge in [0.25, 0.3) is 0 Å². The predicted octanol–water partition coefficient (Wildman–Crippen LogP) is 2.35. The monoisotopic (exact) mass is 283 g/mol. The van der Waals surface area contributed by atoms with Crippen molar-refractivity contribution in [3.05, 3.63) is 36.4 Å². The highest BCUT2D eigenvalue weighted by Crippen LogP contribution is 2.22. The van der Waals surface area contributed by atoms with Crippen molar-refractivity contribution in [1.29, 1.82) is 0 Å². The lowest BCUT2D eigenvalue weighted by atomic mass is 10.2. The van der Waals surface area contributed by atoms with E-state index in [-0.39, 0.29) is 6.04 Å². The Kier molecular flexibility index (Phi) is 3.63. The second kappa shape index (κ2) is 5.74. The van der Waals surface area contributed by atoms with Crippen molar-refractivity contribution in [2.45, 2.75) is 19.9 Å². The van der Waals surface area contributed by atoms with Gasteiger partial charge in [0, 0.05) is 12.7 Å². The molecule has 0 saturated heterocycles. The summed E-state index contributed by atoms with van der Waals surface area (Å²) < 4.78 is 0. The van der Waals surface area contributed by atoms with Crippen molar-refractivity contribution in [3.8, 4) is 0 Å². The molecule has 0 amide bonds. The van der Waals surface area contributed by atoms with E-state index in [0.717, 1.165) is 17.8 Å². The Morgan fingerprint density at radius 1 is 1.24 bits per heavy atom. The quantitative estimate of drug-likeness (QED) is 0.666. The molecule has 0 aliphatic rings. The fraction of sp³-hybridized carbons (Fsp3) is 0.286. The first-order chi connectivity index (χ1) is 10.3. The van der Waals surface area contributed by atoms with Crippen LogP contribution in [-0.2, 0) is 0 Å². The molecule has 21 heavy (non-hydrogen) atoms. The Bertz CT molecular complexity index is 723. The van der Waals surface area contributed by atoms with Crippen LogP contribution >= 0.6 is 0 Å². The molecular formula is C14H17N7. The normalized spacial score (nSPS) is 12.3. The van der Waals surface area contributed by atoms with Gasteiger partial charge in [-0.2, -0.15) is 9.97 Å². The van der Waals surface area contributed by atoms with E-state index in [0.29, 0.717) is 17.4 Å². The summed E-state index contributed by atoms with van der Waals surface area (Å²) in [5, 5.41) is 6.47. The molecular weight excluding hydrogens is 266 g/mol. The average Bonchev–Trinajstić information content (AvgIpc) is 2.97. The van der Waals surface area contributed by atoms with Crippen LogP contribution in [0.4, 0.5) is 11.8 Å². The Morgan fingerprint density at radius 3 is 2.90 bits per heavy atom. The number of H-pyrrole nitrogens is 1. The maximum atomic E-state index is 4.50. The number of rotatable bonds is 5. The van der Waals surface area contributed by atoms with Gasteiger partial charge in [-0.15, -0.1) is 0 Å². The van der Waals surface area contributed by atoms with E-state index in [1.807, 2.05) is 32.0 Å². The number of hydrogen-bond donors (Lipinski definition) is 3. The zero-order valence-electron chi connectivity index (χ0n) is 12.0. The van der Waals surface area contributed by atoms with Crippen LogP contribution in [0.5, 0.6) is 0 Å². The predicted molar refractivity (Wildman–Crippen MR) is 82.1 cm³/mol. The molecule has 0 bridgehead atoms. The maximum absolute atomic E-state index is 4.50. The van der Waals surface area contributed by atoms with Gasteiger partial charge in [-0.1, -0.05) is 6.07 Å². The maximum Gasteiger partial charge on any atom is 0.226 e. The number of nitrogens with one attached hydrogen (secondary N) is 3. The molecule has 0 saturated carbocycles. The van der Waals surface area contributed by atoms with E-state index < -0.39 is 0 Å². The van der Waals surface area contributed by atoms with Crippen LogP contribution in [0.1, 0.15) is 25.6 Å². The summed E-state index contributed by atoms with van der Waals surface area (Å²) in [5.41, 5.74) is 2.38. The topological polar surface area (TPSA) is 91.4 Å². The lowest BCUT2D eigenvalue weighted by Gasteiger charge is -2.15. The minimum atomic E-state index is 0.0297. The van der Waals surface area contributed by atoms with Crippen LogP contribution in [0, 0.1) is 0 Å². The molecule has 0 aliphatic carbocycles. The standard InChI is InChI=1S/C14H17N7/c1-3-15-14-20-12-11(17-8-18-12)13(21-14)19-9(2)10-6-4-5-7-16-10/h4-9H,3H2,1-2H3,(H3,15,17,18,19,20,21). The minimum absolute atomic E-state index is 0.0297. The van der Waals surface area contributed by atoms with Gasteiger partial charge in [-0.3, -0.25) is 4.98 Å². The number of fused-ring (bicyclic) bond motifs is 1. The van der Waals surface area contributed by atoms with E-state index >= 15 is 0 Å². The SMILES string of the molecule is CCNc1nc(NC(C)c2ccccn2)c2[nH]cnc2n1. The first-order valence-electron chi connectivity index (χ1n) is 6.90. The van der Waals surface area contributed by atoms with E-state index in [1.165, 1.54) is 0 Å². The molecule has 1 unspecified atom stereocenters. The molecule has 3 rings (SSSR count). The number of hydrogen-bond acceptors (Lipinski definition) is 6. The van der Waals surface area contributed by atoms with Crippen LogP contribution < -0.4 is 10.6 Å². The fourth-order valence-electron chi connectivity index (χ4n) is 2.09. The summed E-state index contributed by atoms with van der Waals surface area (Å²) in [6, 6.07) is 5.88. The number of anilines is 2. The Hall–Kier alpha value is -2.70. The molecule has 7 nitrogen and oxygen atoms in total. The summed E-state index contributed by atoms with van der Waals surface area (Å²) in [6.45, 7) is 4.80. The third-order valence-electron chi connectivity index (χ3n) is 3.11. The lowest BCUT2D eigenvalue weighted by Crippen LogP contribution is -2.12. The summed E-state index contributed by atoms with van der Waals surface area (Å²) in [6.07, 6.45) is 3.40. The summed E-state index contributed by atoms with van der Waals surface area (Å²) >= 11 is 0. The second-order valence-corrected chi connectivity index (χ2v) is 4.65. The molecule has 3 aromatic rings. The molecule has 3 aromatic heterocycles. The highest BCUT2D eigenvalue weighted by molar-refractivity contribution is 5.83. The van der Waals surface area contributed by atoms with Gasteiger partial charge in [0.05, 0.1) is 18.1 Å². The Labute approximate surface area is 122 Å². The van der Waals surface area contributed by atoms with E-state index in [2.05, 4.69) is 35.6 Å². The Morgan fingerprint density at radius 2 is 2.14 bits per heavy atom. The lowest BCUT2D eigenvalue weighted by molar-refractivity contribution is 0.832. The Balaban J connectivity index is 1.93. The summed E-state index contributed by atoms with van der Waals surface area (Å²) in [7, 11) is 0. The van der Waals surface area contributed by atoms with Gasteiger partial charge >= 0.3 is 0 Å². The largest absolute Gasteiger partial charge is 0.360 e. The molecule has 0 radical (unpaired) electrons. The highest BCUT2D eigenvalue weighted by Gasteiger charge is 2.13. The number of aromatic nitrogens is 5. The van der Waals surface area contributed by atoms with Gasteiger partial charge in [0.1, 0.15) is 5.52 Å². The zero-order chi connectivity index (χ0) is 14.7. The van der Waals surface area contributed by atoms with Gasteiger partial charge < -0.3 is 15.6 Å². The minimum Gasteiger partial charge on any atom is -0.360 e. The first kappa shape index (κ1) is 13.3. The molecule has 0 aromatic carbocycles. The van der Waals surface area contributed by atoms with Gasteiger partial charge in [-0.25, -0.2) is 4.98 Å². The third kappa shape index (κ3) is 2.76. The molecule has 0 fully saturated rings. The highest BCUT2D eigenvalue weighted by atomic mass is 15.2. The average molecular weight is 283 g/mol. The van der Waals surface area contributed by atoms with Crippen LogP contribution in [0.15, 0.2) is 30.7 Å². The van der Waals surface area contributed by atoms with E-state index in [4.69, 9.17) is 0 Å². The number of aromatic amines is 1. The van der Waals surface area contributed by atoms with Crippen LogP contribution in [0.3, 0.4) is 0 Å². The second-order valence-electron chi connectivity index (χ2n) is 4.65. The first-order valence-corrected chi connectivity index (χ1v) is 6.90. The van der Waals surface area contributed by atoms with Gasteiger partial charge in [0.15, 0.2) is 11.5 Å². The number of nitrogens with zero attached hydrogens (tertiary/aromatic N) is 4. The molecule has 108 valence electrons. The van der Waals surface area contributed by atoms with Gasteiger partial charge in [0.2, 0.25) is 5.95 Å². The van der Waals surface area contributed by atoms with Crippen molar-refractivity contribution in [3.63, 3.8) is 0 Å².